The van der Waals surface area contributed by atoms with E-state index in [-0.39, 0.29) is 6.54 Å². The zero-order chi connectivity index (χ0) is 11.3. The fourth-order valence-electron chi connectivity index (χ4n) is 1.08. The summed E-state index contributed by atoms with van der Waals surface area (Å²) in [6.07, 6.45) is -0.567. The van der Waals surface area contributed by atoms with Gasteiger partial charge >= 0.3 is 0 Å². The molecule has 0 bridgehead atoms. The van der Waals surface area contributed by atoms with Gasteiger partial charge in [-0.1, -0.05) is 11.6 Å². The predicted molar refractivity (Wildman–Crippen MR) is 61.6 cm³/mol. The van der Waals surface area contributed by atoms with Crippen molar-refractivity contribution in [3.63, 3.8) is 0 Å². The summed E-state index contributed by atoms with van der Waals surface area (Å²) in [5.41, 5.74) is 6.03. The summed E-state index contributed by atoms with van der Waals surface area (Å²) in [6.45, 7) is 0.601. The van der Waals surface area contributed by atoms with E-state index in [2.05, 4.69) is 5.32 Å². The summed E-state index contributed by atoms with van der Waals surface area (Å²) in [7, 11) is 1.58. The second kappa shape index (κ2) is 5.80. The van der Waals surface area contributed by atoms with E-state index in [1.807, 2.05) is 0 Å². The Bertz CT molecular complexity index is 320. The molecular weight excluding hydrogens is 216 g/mol. The number of halogens is 1. The quantitative estimate of drug-likeness (QED) is 0.708. The molecule has 1 rings (SSSR count). The van der Waals surface area contributed by atoms with Gasteiger partial charge in [-0.15, -0.1) is 0 Å². The van der Waals surface area contributed by atoms with Crippen molar-refractivity contribution in [2.24, 2.45) is 5.73 Å². The van der Waals surface area contributed by atoms with Gasteiger partial charge in [-0.05, 0) is 12.1 Å². The van der Waals surface area contributed by atoms with Gasteiger partial charge in [0.15, 0.2) is 0 Å². The van der Waals surface area contributed by atoms with Crippen molar-refractivity contribution in [1.29, 1.82) is 0 Å². The number of nitrogens with one attached hydrogen (secondary N) is 1. The number of nitrogens with two attached hydrogens (primary N) is 1. The minimum atomic E-state index is -0.567. The normalized spacial score (nSPS) is 12.3. The standard InChI is InChI=1S/C10H15ClN2O2/c1-15-8-2-3-10(9(11)4-8)13-6-7(14)5-12/h2-4,7,13-14H,5-6,12H2,1H3. The monoisotopic (exact) mass is 230 g/mol. The Hall–Kier alpha value is -0.970. The Kier molecular flexibility index (Phi) is 4.68. The van der Waals surface area contributed by atoms with Crippen LogP contribution in [0, 0.1) is 0 Å². The summed E-state index contributed by atoms with van der Waals surface area (Å²) >= 11 is 5.98. The van der Waals surface area contributed by atoms with Crippen molar-refractivity contribution in [3.8, 4) is 5.75 Å². The van der Waals surface area contributed by atoms with Crippen LogP contribution in [-0.2, 0) is 0 Å². The molecule has 0 aliphatic carbocycles. The van der Waals surface area contributed by atoms with Crippen molar-refractivity contribution < 1.29 is 9.84 Å². The third kappa shape index (κ3) is 3.58. The second-order valence-corrected chi connectivity index (χ2v) is 3.52. The highest BCUT2D eigenvalue weighted by Crippen LogP contribution is 2.26. The molecule has 0 aliphatic rings. The maximum Gasteiger partial charge on any atom is 0.120 e. The summed E-state index contributed by atoms with van der Waals surface area (Å²) in [5.74, 6) is 0.699. The molecule has 0 heterocycles. The van der Waals surface area contributed by atoms with Crippen molar-refractivity contribution in [2.45, 2.75) is 6.10 Å². The molecule has 5 heteroatoms. The van der Waals surface area contributed by atoms with E-state index in [1.165, 1.54) is 0 Å². The van der Waals surface area contributed by atoms with Crippen molar-refractivity contribution in [2.75, 3.05) is 25.5 Å². The van der Waals surface area contributed by atoms with Gasteiger partial charge < -0.3 is 20.9 Å². The van der Waals surface area contributed by atoms with Crippen molar-refractivity contribution >= 4 is 17.3 Å². The minimum absolute atomic E-state index is 0.223. The summed E-state index contributed by atoms with van der Waals surface area (Å²) < 4.78 is 5.02. The fourth-order valence-corrected chi connectivity index (χ4v) is 1.31. The first-order valence-electron chi connectivity index (χ1n) is 4.63. The first kappa shape index (κ1) is 12.1. The van der Waals surface area contributed by atoms with Gasteiger partial charge in [-0.2, -0.15) is 0 Å². The zero-order valence-corrected chi connectivity index (χ0v) is 9.29. The highest BCUT2D eigenvalue weighted by Gasteiger charge is 2.04. The van der Waals surface area contributed by atoms with Crippen molar-refractivity contribution in [3.05, 3.63) is 23.2 Å². The third-order valence-electron chi connectivity index (χ3n) is 1.98. The second-order valence-electron chi connectivity index (χ2n) is 3.12. The van der Waals surface area contributed by atoms with Crippen LogP contribution in [0.3, 0.4) is 0 Å². The fraction of sp³-hybridized carbons (Fsp3) is 0.400. The molecular formula is C10H15ClN2O2. The Labute approximate surface area is 94.0 Å². The van der Waals surface area contributed by atoms with Crippen LogP contribution in [-0.4, -0.2) is 31.4 Å². The molecule has 1 atom stereocenters. The molecule has 0 fully saturated rings. The SMILES string of the molecule is COc1ccc(NCC(O)CN)c(Cl)c1. The highest BCUT2D eigenvalue weighted by molar-refractivity contribution is 6.33. The van der Waals surface area contributed by atoms with Crippen LogP contribution in [0.15, 0.2) is 18.2 Å². The lowest BCUT2D eigenvalue weighted by Crippen LogP contribution is -2.27. The Morgan fingerprint density at radius 1 is 1.60 bits per heavy atom. The molecule has 0 radical (unpaired) electrons. The minimum Gasteiger partial charge on any atom is -0.497 e. The molecule has 15 heavy (non-hydrogen) atoms. The number of aliphatic hydroxyl groups excluding tert-OH is 1. The zero-order valence-electron chi connectivity index (χ0n) is 8.53. The van der Waals surface area contributed by atoms with Crippen LogP contribution in [0.2, 0.25) is 5.02 Å². The molecule has 1 aromatic rings. The van der Waals surface area contributed by atoms with Gasteiger partial charge in [0.25, 0.3) is 0 Å². The predicted octanol–water partition coefficient (Wildman–Crippen LogP) is 1.08. The topological polar surface area (TPSA) is 67.5 Å². The first-order chi connectivity index (χ1) is 7.17. The molecule has 0 saturated heterocycles. The maximum absolute atomic E-state index is 9.26. The molecule has 4 N–H and O–H groups in total. The summed E-state index contributed by atoms with van der Waals surface area (Å²) in [4.78, 5) is 0. The van der Waals surface area contributed by atoms with Crippen LogP contribution in [0.5, 0.6) is 5.75 Å². The lowest BCUT2D eigenvalue weighted by Gasteiger charge is -2.12. The van der Waals surface area contributed by atoms with Gasteiger partial charge in [-0.3, -0.25) is 0 Å². The van der Waals surface area contributed by atoms with Crippen molar-refractivity contribution in [1.82, 2.24) is 0 Å². The Morgan fingerprint density at radius 2 is 2.33 bits per heavy atom. The smallest absolute Gasteiger partial charge is 0.120 e. The number of methoxy groups -OCH3 is 1. The van der Waals surface area contributed by atoms with Crippen LogP contribution in [0.25, 0.3) is 0 Å². The molecule has 0 amide bonds. The molecule has 0 aliphatic heterocycles. The number of anilines is 1. The highest BCUT2D eigenvalue weighted by atomic mass is 35.5. The molecule has 0 aromatic heterocycles. The molecule has 4 nitrogen and oxygen atoms in total. The molecule has 0 spiro atoms. The Balaban J connectivity index is 2.62. The summed E-state index contributed by atoms with van der Waals surface area (Å²) in [6, 6.07) is 5.30. The number of benzene rings is 1. The summed E-state index contributed by atoms with van der Waals surface area (Å²) in [5, 5.41) is 12.8. The molecule has 1 unspecified atom stereocenters. The average Bonchev–Trinajstić information content (AvgIpc) is 2.26. The van der Waals surface area contributed by atoms with Gasteiger partial charge in [0.2, 0.25) is 0 Å². The van der Waals surface area contributed by atoms with E-state index in [9.17, 15) is 5.11 Å². The third-order valence-corrected chi connectivity index (χ3v) is 2.29. The van der Waals surface area contributed by atoms with Gasteiger partial charge in [-0.25, -0.2) is 0 Å². The number of hydrogen-bond donors (Lipinski definition) is 3. The van der Waals surface area contributed by atoms with E-state index < -0.39 is 6.10 Å². The maximum atomic E-state index is 9.26. The number of ether oxygens (including phenoxy) is 1. The number of aliphatic hydroxyl groups is 1. The van der Waals surface area contributed by atoms with E-state index in [1.54, 1.807) is 25.3 Å². The van der Waals surface area contributed by atoms with E-state index >= 15 is 0 Å². The molecule has 84 valence electrons. The van der Waals surface area contributed by atoms with Gasteiger partial charge in [0.1, 0.15) is 5.75 Å². The molecule has 0 saturated carbocycles. The largest absolute Gasteiger partial charge is 0.497 e. The molecule has 1 aromatic carbocycles. The van der Waals surface area contributed by atoms with E-state index in [4.69, 9.17) is 22.1 Å². The lowest BCUT2D eigenvalue weighted by molar-refractivity contribution is 0.196. The lowest BCUT2D eigenvalue weighted by atomic mass is 10.3. The average molecular weight is 231 g/mol. The van der Waals surface area contributed by atoms with E-state index in [0.29, 0.717) is 17.3 Å². The number of hydrogen-bond acceptors (Lipinski definition) is 4. The van der Waals surface area contributed by atoms with Crippen LogP contribution in [0.4, 0.5) is 5.69 Å². The van der Waals surface area contributed by atoms with E-state index in [0.717, 1.165) is 5.69 Å². The van der Waals surface area contributed by atoms with Gasteiger partial charge in [0, 0.05) is 19.2 Å². The first-order valence-corrected chi connectivity index (χ1v) is 5.00. The van der Waals surface area contributed by atoms with Crippen LogP contribution in [0.1, 0.15) is 0 Å². The Morgan fingerprint density at radius 3 is 2.87 bits per heavy atom. The van der Waals surface area contributed by atoms with Crippen LogP contribution < -0.4 is 15.8 Å². The number of rotatable bonds is 5. The van der Waals surface area contributed by atoms with Gasteiger partial charge in [0.05, 0.1) is 23.9 Å². The van der Waals surface area contributed by atoms with Crippen LogP contribution >= 0.6 is 11.6 Å².